The van der Waals surface area contributed by atoms with Crippen LogP contribution in [0.1, 0.15) is 25.7 Å². The largest absolute Gasteiger partial charge is 0.385 e. The molecule has 82 valence electrons. The van der Waals surface area contributed by atoms with Gasteiger partial charge in [-0.2, -0.15) is 0 Å². The number of ether oxygens (including phenoxy) is 1. The Balaban J connectivity index is 2.08. The highest BCUT2D eigenvalue weighted by Crippen LogP contribution is 2.19. The molecule has 0 aliphatic carbocycles. The van der Waals surface area contributed by atoms with Gasteiger partial charge in [0.2, 0.25) is 0 Å². The number of rotatable bonds is 6. The SMILES string of the molecule is COCCCCCC1=CSCNN1C. The fraction of sp³-hybridized carbons (Fsp3) is 0.800. The van der Waals surface area contributed by atoms with Crippen LogP contribution in [-0.2, 0) is 4.74 Å². The third kappa shape index (κ3) is 4.35. The van der Waals surface area contributed by atoms with Crippen LogP contribution < -0.4 is 5.43 Å². The van der Waals surface area contributed by atoms with Gasteiger partial charge in [-0.3, -0.25) is 0 Å². The minimum atomic E-state index is 0.891. The number of hydrogen-bond acceptors (Lipinski definition) is 4. The van der Waals surface area contributed by atoms with Crippen molar-refractivity contribution in [1.29, 1.82) is 0 Å². The van der Waals surface area contributed by atoms with Crippen molar-refractivity contribution in [2.75, 3.05) is 26.6 Å². The molecule has 0 atom stereocenters. The number of hydrogen-bond donors (Lipinski definition) is 1. The third-order valence-corrected chi connectivity index (χ3v) is 3.05. The molecule has 0 aromatic carbocycles. The van der Waals surface area contributed by atoms with Gasteiger partial charge >= 0.3 is 0 Å². The molecular weight excluding hydrogens is 196 g/mol. The van der Waals surface area contributed by atoms with Gasteiger partial charge in [-0.1, -0.05) is 6.42 Å². The van der Waals surface area contributed by atoms with Crippen molar-refractivity contribution in [2.45, 2.75) is 25.7 Å². The summed E-state index contributed by atoms with van der Waals surface area (Å²) in [6.07, 6.45) is 4.85. The van der Waals surface area contributed by atoms with Gasteiger partial charge in [0.25, 0.3) is 0 Å². The standard InChI is InChI=1S/C10H20N2OS/c1-12-10(8-14-9-11-12)6-4-3-5-7-13-2/h8,11H,3-7,9H2,1-2H3. The summed E-state index contributed by atoms with van der Waals surface area (Å²) in [6, 6.07) is 0. The first kappa shape index (κ1) is 11.9. The topological polar surface area (TPSA) is 24.5 Å². The van der Waals surface area contributed by atoms with Crippen LogP contribution in [0.3, 0.4) is 0 Å². The molecule has 1 aliphatic heterocycles. The summed E-state index contributed by atoms with van der Waals surface area (Å²) in [5.74, 6) is 0.990. The van der Waals surface area contributed by atoms with Crippen molar-refractivity contribution in [2.24, 2.45) is 0 Å². The van der Waals surface area contributed by atoms with Crippen LogP contribution in [0.5, 0.6) is 0 Å². The number of nitrogens with zero attached hydrogens (tertiary/aromatic N) is 1. The summed E-state index contributed by atoms with van der Waals surface area (Å²) in [5, 5.41) is 4.39. The lowest BCUT2D eigenvalue weighted by Gasteiger charge is -2.26. The van der Waals surface area contributed by atoms with Gasteiger partial charge in [0, 0.05) is 26.5 Å². The smallest absolute Gasteiger partial charge is 0.0648 e. The summed E-state index contributed by atoms with van der Waals surface area (Å²) in [7, 11) is 3.85. The van der Waals surface area contributed by atoms with E-state index < -0.39 is 0 Å². The maximum Gasteiger partial charge on any atom is 0.0648 e. The fourth-order valence-corrected chi connectivity index (χ4v) is 2.23. The van der Waals surface area contributed by atoms with Crippen LogP contribution in [0.15, 0.2) is 11.1 Å². The molecule has 0 aromatic heterocycles. The lowest BCUT2D eigenvalue weighted by atomic mass is 10.1. The van der Waals surface area contributed by atoms with E-state index in [-0.39, 0.29) is 0 Å². The second kappa shape index (κ2) is 7.15. The average molecular weight is 216 g/mol. The first-order chi connectivity index (χ1) is 6.84. The summed E-state index contributed by atoms with van der Waals surface area (Å²) in [4.78, 5) is 0. The first-order valence-electron chi connectivity index (χ1n) is 5.11. The predicted molar refractivity (Wildman–Crippen MR) is 61.8 cm³/mol. The predicted octanol–water partition coefficient (Wildman–Crippen LogP) is 2.18. The Bertz CT molecular complexity index is 185. The highest BCUT2D eigenvalue weighted by atomic mass is 32.2. The summed E-state index contributed by atoms with van der Waals surface area (Å²) in [5.41, 5.74) is 4.69. The molecule has 0 radical (unpaired) electrons. The van der Waals surface area contributed by atoms with E-state index in [1.54, 1.807) is 7.11 Å². The van der Waals surface area contributed by atoms with E-state index in [9.17, 15) is 0 Å². The normalized spacial score (nSPS) is 17.0. The number of thioether (sulfide) groups is 1. The van der Waals surface area contributed by atoms with E-state index in [1.165, 1.54) is 31.4 Å². The minimum absolute atomic E-state index is 0.891. The molecule has 1 aliphatic rings. The Morgan fingerprint density at radius 3 is 3.07 bits per heavy atom. The quantitative estimate of drug-likeness (QED) is 0.688. The van der Waals surface area contributed by atoms with E-state index in [0.29, 0.717) is 0 Å². The molecular formula is C10H20N2OS. The molecule has 0 fully saturated rings. The van der Waals surface area contributed by atoms with Crippen LogP contribution in [-0.4, -0.2) is 31.7 Å². The molecule has 1 rings (SSSR count). The molecule has 0 amide bonds. The summed E-state index contributed by atoms with van der Waals surface area (Å²) >= 11 is 1.84. The maximum absolute atomic E-state index is 5.01. The van der Waals surface area contributed by atoms with E-state index in [4.69, 9.17) is 4.74 Å². The Morgan fingerprint density at radius 1 is 1.50 bits per heavy atom. The van der Waals surface area contributed by atoms with Crippen LogP contribution in [0.2, 0.25) is 0 Å². The summed E-state index contributed by atoms with van der Waals surface area (Å²) in [6.45, 7) is 0.891. The number of hydrazine groups is 1. The van der Waals surface area contributed by atoms with E-state index in [0.717, 1.165) is 12.5 Å². The maximum atomic E-state index is 5.01. The fourth-order valence-electron chi connectivity index (χ4n) is 1.41. The van der Waals surface area contributed by atoms with Crippen molar-refractivity contribution >= 4 is 11.8 Å². The highest BCUT2D eigenvalue weighted by molar-refractivity contribution is 8.02. The lowest BCUT2D eigenvalue weighted by molar-refractivity contribution is 0.191. The zero-order valence-electron chi connectivity index (χ0n) is 9.08. The van der Waals surface area contributed by atoms with Crippen molar-refractivity contribution in [3.8, 4) is 0 Å². The van der Waals surface area contributed by atoms with Crippen LogP contribution in [0.25, 0.3) is 0 Å². The second-order valence-corrected chi connectivity index (χ2v) is 4.30. The van der Waals surface area contributed by atoms with Crippen molar-refractivity contribution in [3.63, 3.8) is 0 Å². The molecule has 14 heavy (non-hydrogen) atoms. The van der Waals surface area contributed by atoms with Gasteiger partial charge in [0.15, 0.2) is 0 Å². The number of unbranched alkanes of at least 4 members (excludes halogenated alkanes) is 2. The van der Waals surface area contributed by atoms with Crippen LogP contribution in [0.4, 0.5) is 0 Å². The van der Waals surface area contributed by atoms with Gasteiger partial charge in [0.05, 0.1) is 5.88 Å². The zero-order valence-corrected chi connectivity index (χ0v) is 9.90. The van der Waals surface area contributed by atoms with E-state index >= 15 is 0 Å². The monoisotopic (exact) mass is 216 g/mol. The molecule has 0 saturated heterocycles. The lowest BCUT2D eigenvalue weighted by Crippen LogP contribution is -2.35. The van der Waals surface area contributed by atoms with Crippen LogP contribution in [0, 0.1) is 0 Å². The van der Waals surface area contributed by atoms with Crippen molar-refractivity contribution in [1.82, 2.24) is 10.4 Å². The molecule has 3 nitrogen and oxygen atoms in total. The summed E-state index contributed by atoms with van der Waals surface area (Å²) < 4.78 is 5.01. The van der Waals surface area contributed by atoms with Gasteiger partial charge in [-0.25, -0.2) is 5.43 Å². The van der Waals surface area contributed by atoms with E-state index in [1.807, 2.05) is 11.8 Å². The van der Waals surface area contributed by atoms with Gasteiger partial charge < -0.3 is 9.75 Å². The minimum Gasteiger partial charge on any atom is -0.385 e. The van der Waals surface area contributed by atoms with Crippen LogP contribution >= 0.6 is 11.8 Å². The molecule has 0 bridgehead atoms. The molecule has 0 unspecified atom stereocenters. The Labute approximate surface area is 90.8 Å². The Hall–Kier alpha value is -0.190. The molecule has 4 heteroatoms. The third-order valence-electron chi connectivity index (χ3n) is 2.32. The van der Waals surface area contributed by atoms with Crippen molar-refractivity contribution in [3.05, 3.63) is 11.1 Å². The van der Waals surface area contributed by atoms with Gasteiger partial charge in [-0.15, -0.1) is 11.8 Å². The van der Waals surface area contributed by atoms with E-state index in [2.05, 4.69) is 22.9 Å². The van der Waals surface area contributed by atoms with Crippen molar-refractivity contribution < 1.29 is 4.74 Å². The van der Waals surface area contributed by atoms with Gasteiger partial charge in [0.1, 0.15) is 0 Å². The number of nitrogens with one attached hydrogen (secondary N) is 1. The second-order valence-electron chi connectivity index (χ2n) is 3.44. The average Bonchev–Trinajstić information content (AvgIpc) is 2.20. The zero-order chi connectivity index (χ0) is 10.2. The Kier molecular flexibility index (Phi) is 6.07. The molecule has 0 saturated carbocycles. The molecule has 1 heterocycles. The first-order valence-corrected chi connectivity index (χ1v) is 6.16. The molecule has 0 spiro atoms. The van der Waals surface area contributed by atoms with Gasteiger partial charge in [-0.05, 0) is 24.7 Å². The molecule has 0 aromatic rings. The Morgan fingerprint density at radius 2 is 2.36 bits per heavy atom. The highest BCUT2D eigenvalue weighted by Gasteiger charge is 2.07. The molecule has 1 N–H and O–H groups in total. The number of allylic oxidation sites excluding steroid dienone is 1. The number of methoxy groups -OCH3 is 1.